The van der Waals surface area contributed by atoms with Gasteiger partial charge in [-0.1, -0.05) is 34.6 Å². The maximum atomic E-state index is 4.39. The van der Waals surface area contributed by atoms with Crippen molar-refractivity contribution in [2.24, 2.45) is 5.92 Å². The summed E-state index contributed by atoms with van der Waals surface area (Å²) in [5.74, 6) is 0.641. The zero-order valence-electron chi connectivity index (χ0n) is 13.6. The zero-order chi connectivity index (χ0) is 15.6. The van der Waals surface area contributed by atoms with Gasteiger partial charge in [0.15, 0.2) is 0 Å². The molecule has 0 unspecified atom stereocenters. The third kappa shape index (κ3) is 3.47. The Morgan fingerprint density at radius 3 is 2.36 bits per heavy atom. The van der Waals surface area contributed by atoms with Gasteiger partial charge >= 0.3 is 0 Å². The Morgan fingerprint density at radius 1 is 1.18 bits per heavy atom. The largest absolute Gasteiger partial charge is 0.317 e. The van der Waals surface area contributed by atoms with E-state index in [9.17, 15) is 0 Å². The fourth-order valence-corrected chi connectivity index (χ4v) is 4.21. The van der Waals surface area contributed by atoms with Crippen molar-refractivity contribution in [3.8, 4) is 0 Å². The van der Waals surface area contributed by atoms with Gasteiger partial charge in [0.25, 0.3) is 0 Å². The Balaban J connectivity index is 1.59. The lowest BCUT2D eigenvalue weighted by Gasteiger charge is -2.47. The van der Waals surface area contributed by atoms with E-state index < -0.39 is 0 Å². The molecule has 0 aliphatic carbocycles. The lowest BCUT2D eigenvalue weighted by Crippen LogP contribution is -2.55. The van der Waals surface area contributed by atoms with Crippen molar-refractivity contribution < 1.29 is 0 Å². The molecule has 2 fully saturated rings. The summed E-state index contributed by atoms with van der Waals surface area (Å²) in [7, 11) is 0. The minimum atomic E-state index is 0.412. The third-order valence-electron chi connectivity index (χ3n) is 5.65. The summed E-state index contributed by atoms with van der Waals surface area (Å²) in [5, 5.41) is 3.49. The van der Waals surface area contributed by atoms with Gasteiger partial charge in [0, 0.05) is 10.0 Å². The van der Waals surface area contributed by atoms with Gasteiger partial charge in [-0.15, -0.1) is 0 Å². The molecule has 0 bridgehead atoms. The molecule has 1 aromatic carbocycles. The van der Waals surface area contributed by atoms with E-state index in [-0.39, 0.29) is 0 Å². The number of hydrogen-bond acceptors (Lipinski definition) is 2. The van der Waals surface area contributed by atoms with Gasteiger partial charge in [-0.3, -0.25) is 4.90 Å². The molecular formula is C19H27BrN2. The van der Waals surface area contributed by atoms with Gasteiger partial charge in [0.2, 0.25) is 0 Å². The Bertz CT molecular complexity index is 509. The smallest absolute Gasteiger partial charge is 0.0205 e. The Morgan fingerprint density at radius 2 is 1.77 bits per heavy atom. The van der Waals surface area contributed by atoms with Crippen LogP contribution >= 0.6 is 15.9 Å². The third-order valence-corrected chi connectivity index (χ3v) is 6.18. The van der Waals surface area contributed by atoms with Crippen LogP contribution in [0.1, 0.15) is 38.2 Å². The monoisotopic (exact) mass is 362 g/mol. The summed E-state index contributed by atoms with van der Waals surface area (Å²) in [4.78, 5) is 2.74. The standard InChI is InChI=1S/C19H27BrN2/c1-15(16-3-5-18(20)6-4-16)17-7-13-22(14-8-17)19(2)9-11-21-12-10-19/h3-6,17,21H,1,7-14H2,2H3. The molecule has 120 valence electrons. The lowest BCUT2D eigenvalue weighted by atomic mass is 9.82. The van der Waals surface area contributed by atoms with Crippen LogP contribution in [0, 0.1) is 5.92 Å². The number of hydrogen-bond donors (Lipinski definition) is 1. The highest BCUT2D eigenvalue weighted by Gasteiger charge is 2.35. The van der Waals surface area contributed by atoms with Crippen LogP contribution in [-0.2, 0) is 0 Å². The van der Waals surface area contributed by atoms with Crippen LogP contribution in [0.25, 0.3) is 5.57 Å². The first-order valence-corrected chi connectivity index (χ1v) is 9.28. The Kier molecular flexibility index (Phi) is 5.06. The molecule has 2 nitrogen and oxygen atoms in total. The van der Waals surface area contributed by atoms with Crippen molar-refractivity contribution in [2.75, 3.05) is 26.2 Å². The van der Waals surface area contributed by atoms with Gasteiger partial charge < -0.3 is 5.32 Å². The van der Waals surface area contributed by atoms with E-state index in [0.29, 0.717) is 11.5 Å². The maximum absolute atomic E-state index is 4.39. The van der Waals surface area contributed by atoms with Crippen LogP contribution in [0.3, 0.4) is 0 Å². The summed E-state index contributed by atoms with van der Waals surface area (Å²) in [6.45, 7) is 11.6. The summed E-state index contributed by atoms with van der Waals surface area (Å²) in [6, 6.07) is 8.61. The average molecular weight is 363 g/mol. The SMILES string of the molecule is C=C(c1ccc(Br)cc1)C1CCN(C2(C)CCNCC2)CC1. The van der Waals surface area contributed by atoms with Crippen molar-refractivity contribution in [2.45, 2.75) is 38.1 Å². The number of piperidine rings is 2. The van der Waals surface area contributed by atoms with Gasteiger partial charge in [-0.05, 0) is 88.0 Å². The van der Waals surface area contributed by atoms with Crippen molar-refractivity contribution in [1.82, 2.24) is 10.2 Å². The Hall–Kier alpha value is -0.640. The van der Waals surface area contributed by atoms with Gasteiger partial charge in [-0.25, -0.2) is 0 Å². The highest BCUT2D eigenvalue weighted by Crippen LogP contribution is 2.35. The molecule has 3 rings (SSSR count). The lowest BCUT2D eigenvalue weighted by molar-refractivity contribution is 0.0463. The van der Waals surface area contributed by atoms with Crippen molar-refractivity contribution in [3.05, 3.63) is 40.9 Å². The minimum absolute atomic E-state index is 0.412. The fraction of sp³-hybridized carbons (Fsp3) is 0.579. The van der Waals surface area contributed by atoms with Gasteiger partial charge in [-0.2, -0.15) is 0 Å². The van der Waals surface area contributed by atoms with Crippen LogP contribution in [0.4, 0.5) is 0 Å². The second-order valence-corrected chi connectivity index (χ2v) is 7.96. The van der Waals surface area contributed by atoms with Crippen LogP contribution in [-0.4, -0.2) is 36.6 Å². The molecule has 2 heterocycles. The van der Waals surface area contributed by atoms with E-state index in [1.54, 1.807) is 0 Å². The molecule has 1 N–H and O–H groups in total. The zero-order valence-corrected chi connectivity index (χ0v) is 15.2. The molecule has 2 saturated heterocycles. The molecule has 0 spiro atoms. The molecule has 0 radical (unpaired) electrons. The predicted octanol–water partition coefficient (Wildman–Crippen LogP) is 4.32. The molecule has 1 aromatic rings. The molecule has 22 heavy (non-hydrogen) atoms. The second-order valence-electron chi connectivity index (χ2n) is 7.04. The average Bonchev–Trinajstić information content (AvgIpc) is 2.56. The summed E-state index contributed by atoms with van der Waals surface area (Å²) in [5.41, 5.74) is 3.03. The summed E-state index contributed by atoms with van der Waals surface area (Å²) < 4.78 is 1.14. The topological polar surface area (TPSA) is 15.3 Å². The van der Waals surface area contributed by atoms with Crippen molar-refractivity contribution in [3.63, 3.8) is 0 Å². The van der Waals surface area contributed by atoms with E-state index in [1.807, 2.05) is 0 Å². The van der Waals surface area contributed by atoms with Crippen LogP contribution in [0.15, 0.2) is 35.3 Å². The molecule has 0 amide bonds. The first kappa shape index (κ1) is 16.2. The number of benzene rings is 1. The molecule has 0 atom stereocenters. The summed E-state index contributed by atoms with van der Waals surface area (Å²) >= 11 is 3.51. The summed E-state index contributed by atoms with van der Waals surface area (Å²) in [6.07, 6.45) is 5.06. The van der Waals surface area contributed by atoms with Crippen LogP contribution in [0.5, 0.6) is 0 Å². The predicted molar refractivity (Wildman–Crippen MR) is 98.0 cm³/mol. The first-order chi connectivity index (χ1) is 10.6. The minimum Gasteiger partial charge on any atom is -0.317 e. The van der Waals surface area contributed by atoms with Crippen LogP contribution < -0.4 is 5.32 Å². The second kappa shape index (κ2) is 6.86. The van der Waals surface area contributed by atoms with E-state index in [0.717, 1.165) is 4.47 Å². The van der Waals surface area contributed by atoms with E-state index in [1.165, 1.54) is 63.0 Å². The van der Waals surface area contributed by atoms with E-state index in [2.05, 4.69) is 63.9 Å². The number of allylic oxidation sites excluding steroid dienone is 1. The van der Waals surface area contributed by atoms with Crippen molar-refractivity contribution in [1.29, 1.82) is 0 Å². The highest BCUT2D eigenvalue weighted by molar-refractivity contribution is 9.10. The molecular weight excluding hydrogens is 336 g/mol. The maximum Gasteiger partial charge on any atom is 0.0205 e. The molecule has 0 aromatic heterocycles. The van der Waals surface area contributed by atoms with Crippen LogP contribution in [0.2, 0.25) is 0 Å². The molecule has 0 saturated carbocycles. The molecule has 3 heteroatoms. The van der Waals surface area contributed by atoms with E-state index in [4.69, 9.17) is 0 Å². The Labute approximate surface area is 143 Å². The molecule has 2 aliphatic rings. The quantitative estimate of drug-likeness (QED) is 0.861. The van der Waals surface area contributed by atoms with Gasteiger partial charge in [0.05, 0.1) is 0 Å². The number of rotatable bonds is 3. The first-order valence-electron chi connectivity index (χ1n) is 8.49. The number of nitrogens with one attached hydrogen (secondary N) is 1. The van der Waals surface area contributed by atoms with Gasteiger partial charge in [0.1, 0.15) is 0 Å². The number of halogens is 1. The normalized spacial score (nSPS) is 23.4. The fourth-order valence-electron chi connectivity index (χ4n) is 3.95. The number of nitrogens with zero attached hydrogens (tertiary/aromatic N) is 1. The number of likely N-dealkylation sites (tertiary alicyclic amines) is 1. The molecule has 2 aliphatic heterocycles. The van der Waals surface area contributed by atoms with E-state index >= 15 is 0 Å². The highest BCUT2D eigenvalue weighted by atomic mass is 79.9. The van der Waals surface area contributed by atoms with Crippen molar-refractivity contribution >= 4 is 21.5 Å².